The largest absolute Gasteiger partial charge is 0.323 e. The highest BCUT2D eigenvalue weighted by atomic mass is 35.5. The number of hydrogen-bond acceptors (Lipinski definition) is 3. The summed E-state index contributed by atoms with van der Waals surface area (Å²) in [5, 5.41) is 11.7. The molecule has 0 heterocycles. The van der Waals surface area contributed by atoms with E-state index >= 15 is 0 Å². The quantitative estimate of drug-likeness (QED) is 0.862. The van der Waals surface area contributed by atoms with E-state index in [0.717, 1.165) is 0 Å². The van der Waals surface area contributed by atoms with Gasteiger partial charge in [-0.05, 0) is 23.6 Å². The van der Waals surface area contributed by atoms with E-state index in [9.17, 15) is 4.79 Å². The van der Waals surface area contributed by atoms with Crippen LogP contribution in [0.3, 0.4) is 0 Å². The second-order valence-electron chi connectivity index (χ2n) is 5.14. The number of hydrogen-bond donors (Lipinski definition) is 2. The predicted octanol–water partition coefficient (Wildman–Crippen LogP) is 2.52. The monoisotopic (exact) mass is 265 g/mol. The van der Waals surface area contributed by atoms with Gasteiger partial charge in [0.15, 0.2) is 0 Å². The van der Waals surface area contributed by atoms with E-state index in [0.29, 0.717) is 16.3 Å². The van der Waals surface area contributed by atoms with Crippen molar-refractivity contribution >= 4 is 23.2 Å². The molecule has 0 aliphatic carbocycles. The summed E-state index contributed by atoms with van der Waals surface area (Å²) >= 11 is 5.96. The molecular weight excluding hydrogens is 250 g/mol. The van der Waals surface area contributed by atoms with Crippen LogP contribution in [0, 0.1) is 16.7 Å². The lowest BCUT2D eigenvalue weighted by molar-refractivity contribution is -0.119. The Kier molecular flexibility index (Phi) is 4.33. The van der Waals surface area contributed by atoms with Crippen LogP contribution in [0.15, 0.2) is 18.2 Å². The van der Waals surface area contributed by atoms with Crippen LogP contribution < -0.4 is 11.1 Å². The molecule has 0 aliphatic heterocycles. The summed E-state index contributed by atoms with van der Waals surface area (Å²) in [5.74, 6) is -0.297. The summed E-state index contributed by atoms with van der Waals surface area (Å²) in [5.41, 5.74) is 6.41. The van der Waals surface area contributed by atoms with Crippen molar-refractivity contribution in [1.29, 1.82) is 5.26 Å². The fraction of sp³-hybridized carbons (Fsp3) is 0.385. The lowest BCUT2D eigenvalue weighted by Gasteiger charge is -2.26. The molecule has 1 rings (SSSR count). The maximum Gasteiger partial charge on any atom is 0.241 e. The van der Waals surface area contributed by atoms with E-state index in [-0.39, 0.29) is 11.3 Å². The van der Waals surface area contributed by atoms with E-state index in [4.69, 9.17) is 22.6 Å². The first-order valence-corrected chi connectivity index (χ1v) is 5.89. The molecule has 1 unspecified atom stereocenters. The van der Waals surface area contributed by atoms with E-state index in [1.54, 1.807) is 12.1 Å². The fourth-order valence-electron chi connectivity index (χ4n) is 1.29. The average Bonchev–Trinajstić information content (AvgIpc) is 2.29. The third kappa shape index (κ3) is 3.46. The molecule has 0 spiro atoms. The van der Waals surface area contributed by atoms with Crippen LogP contribution in [-0.2, 0) is 4.79 Å². The Labute approximate surface area is 112 Å². The molecule has 1 atom stereocenters. The zero-order valence-corrected chi connectivity index (χ0v) is 11.4. The van der Waals surface area contributed by atoms with E-state index in [1.807, 2.05) is 26.8 Å². The fourth-order valence-corrected chi connectivity index (χ4v) is 1.52. The van der Waals surface area contributed by atoms with E-state index in [1.165, 1.54) is 6.07 Å². The van der Waals surface area contributed by atoms with Crippen molar-refractivity contribution in [3.63, 3.8) is 0 Å². The molecule has 1 amide bonds. The van der Waals surface area contributed by atoms with Crippen molar-refractivity contribution in [3.8, 4) is 6.07 Å². The van der Waals surface area contributed by atoms with Crippen molar-refractivity contribution in [2.24, 2.45) is 11.1 Å². The molecule has 0 aromatic heterocycles. The Morgan fingerprint density at radius 1 is 1.50 bits per heavy atom. The molecule has 0 fully saturated rings. The number of carbonyl (C=O) groups excluding carboxylic acids is 1. The minimum absolute atomic E-state index is 0.297. The Hall–Kier alpha value is -1.57. The number of amides is 1. The molecular formula is C13H16ClN3O. The molecule has 1 aromatic carbocycles. The molecule has 5 heteroatoms. The Balaban J connectivity index is 2.87. The molecule has 3 N–H and O–H groups in total. The first-order valence-electron chi connectivity index (χ1n) is 5.52. The lowest BCUT2D eigenvalue weighted by Crippen LogP contribution is -2.45. The Morgan fingerprint density at radius 3 is 2.56 bits per heavy atom. The molecule has 18 heavy (non-hydrogen) atoms. The van der Waals surface area contributed by atoms with Crippen molar-refractivity contribution in [3.05, 3.63) is 28.8 Å². The summed E-state index contributed by atoms with van der Waals surface area (Å²) in [7, 11) is 0. The van der Waals surface area contributed by atoms with Crippen LogP contribution in [0.2, 0.25) is 5.02 Å². The number of nitrogens with zero attached hydrogens (tertiary/aromatic N) is 1. The van der Waals surface area contributed by atoms with Gasteiger partial charge < -0.3 is 11.1 Å². The van der Waals surface area contributed by atoms with Gasteiger partial charge in [-0.25, -0.2) is 0 Å². The predicted molar refractivity (Wildman–Crippen MR) is 72.2 cm³/mol. The molecule has 4 nitrogen and oxygen atoms in total. The Morgan fingerprint density at radius 2 is 2.11 bits per heavy atom. The standard InChI is InChI=1S/C13H16ClN3O/c1-13(2,3)11(16)12(18)17-10-5-4-8(7-15)6-9(10)14/h4-6,11H,16H2,1-3H3,(H,17,18). The van der Waals surface area contributed by atoms with Gasteiger partial charge in [0, 0.05) is 0 Å². The molecule has 0 saturated carbocycles. The maximum atomic E-state index is 11.9. The minimum Gasteiger partial charge on any atom is -0.323 e. The van der Waals surface area contributed by atoms with Gasteiger partial charge >= 0.3 is 0 Å². The van der Waals surface area contributed by atoms with Gasteiger partial charge in [-0.3, -0.25) is 4.79 Å². The van der Waals surface area contributed by atoms with Crippen molar-refractivity contribution in [2.45, 2.75) is 26.8 Å². The van der Waals surface area contributed by atoms with Crippen LogP contribution in [-0.4, -0.2) is 11.9 Å². The molecule has 0 aliphatic rings. The summed E-state index contributed by atoms with van der Waals surface area (Å²) in [4.78, 5) is 11.9. The number of carbonyl (C=O) groups is 1. The van der Waals surface area contributed by atoms with Gasteiger partial charge in [0.25, 0.3) is 0 Å². The number of anilines is 1. The molecule has 0 saturated heterocycles. The number of nitrogens with two attached hydrogens (primary N) is 1. The third-order valence-electron chi connectivity index (χ3n) is 2.57. The van der Waals surface area contributed by atoms with Crippen LogP contribution in [0.1, 0.15) is 26.3 Å². The maximum absolute atomic E-state index is 11.9. The first-order chi connectivity index (χ1) is 8.25. The summed E-state index contributed by atoms with van der Waals surface area (Å²) < 4.78 is 0. The van der Waals surface area contributed by atoms with E-state index in [2.05, 4.69) is 5.32 Å². The smallest absolute Gasteiger partial charge is 0.241 e. The van der Waals surface area contributed by atoms with Crippen molar-refractivity contribution < 1.29 is 4.79 Å². The summed E-state index contributed by atoms with van der Waals surface area (Å²) in [6.07, 6.45) is 0. The minimum atomic E-state index is -0.635. The highest BCUT2D eigenvalue weighted by molar-refractivity contribution is 6.33. The summed E-state index contributed by atoms with van der Waals surface area (Å²) in [6.45, 7) is 5.66. The highest BCUT2D eigenvalue weighted by Gasteiger charge is 2.27. The van der Waals surface area contributed by atoms with Gasteiger partial charge in [-0.2, -0.15) is 5.26 Å². The number of nitrogens with one attached hydrogen (secondary N) is 1. The SMILES string of the molecule is CC(C)(C)C(N)C(=O)Nc1ccc(C#N)cc1Cl. The summed E-state index contributed by atoms with van der Waals surface area (Å²) in [6, 6.07) is 6.02. The van der Waals surface area contributed by atoms with Crippen molar-refractivity contribution in [1.82, 2.24) is 0 Å². The van der Waals surface area contributed by atoms with Gasteiger partial charge in [0.1, 0.15) is 0 Å². The average molecular weight is 266 g/mol. The van der Waals surface area contributed by atoms with Crippen LogP contribution in [0.4, 0.5) is 5.69 Å². The number of halogens is 1. The normalized spacial score (nSPS) is 12.7. The molecule has 1 aromatic rings. The molecule has 96 valence electrons. The first kappa shape index (κ1) is 14.5. The number of rotatable bonds is 2. The third-order valence-corrected chi connectivity index (χ3v) is 2.88. The van der Waals surface area contributed by atoms with Gasteiger partial charge in [-0.15, -0.1) is 0 Å². The van der Waals surface area contributed by atoms with E-state index < -0.39 is 6.04 Å². The van der Waals surface area contributed by atoms with Gasteiger partial charge in [-0.1, -0.05) is 32.4 Å². The van der Waals surface area contributed by atoms with Gasteiger partial charge in [0.05, 0.1) is 28.4 Å². The second kappa shape index (κ2) is 5.38. The second-order valence-corrected chi connectivity index (χ2v) is 5.55. The van der Waals surface area contributed by atoms with Crippen LogP contribution in [0.5, 0.6) is 0 Å². The molecule has 0 bridgehead atoms. The molecule has 0 radical (unpaired) electrons. The zero-order valence-electron chi connectivity index (χ0n) is 10.6. The number of benzene rings is 1. The number of nitriles is 1. The van der Waals surface area contributed by atoms with Crippen molar-refractivity contribution in [2.75, 3.05) is 5.32 Å². The van der Waals surface area contributed by atoms with Crippen LogP contribution in [0.25, 0.3) is 0 Å². The highest BCUT2D eigenvalue weighted by Crippen LogP contribution is 2.24. The van der Waals surface area contributed by atoms with Crippen LogP contribution >= 0.6 is 11.6 Å². The zero-order chi connectivity index (χ0) is 13.9. The van der Waals surface area contributed by atoms with Gasteiger partial charge in [0.2, 0.25) is 5.91 Å². The Bertz CT molecular complexity index is 500. The lowest BCUT2D eigenvalue weighted by atomic mass is 9.87. The topological polar surface area (TPSA) is 78.9 Å².